The number of aliphatic hydroxyl groups excluding tert-OH is 1. The van der Waals surface area contributed by atoms with E-state index < -0.39 is 6.10 Å². The zero-order chi connectivity index (χ0) is 28.3. The minimum atomic E-state index is -0.539. The van der Waals surface area contributed by atoms with Crippen molar-refractivity contribution in [3.05, 3.63) is 36.5 Å². The second-order valence-electron chi connectivity index (χ2n) is 11.7. The van der Waals surface area contributed by atoms with Gasteiger partial charge in [-0.05, 0) is 64.2 Å². The largest absolute Gasteiger partial charge is 0.380 e. The average molecular weight is 541 g/mol. The molecule has 0 aromatic heterocycles. The van der Waals surface area contributed by atoms with Gasteiger partial charge in [-0.3, -0.25) is 0 Å². The molecule has 1 atom stereocenters. The molecule has 1 N–H and O–H groups in total. The first-order valence-corrected chi connectivity index (χ1v) is 17.4. The summed E-state index contributed by atoms with van der Waals surface area (Å²) in [6.07, 6.45) is 55.8. The first kappa shape index (κ1) is 37.7. The van der Waals surface area contributed by atoms with Crippen LogP contribution in [0.1, 0.15) is 187 Å². The molecule has 0 saturated heterocycles. The lowest BCUT2D eigenvalue weighted by Crippen LogP contribution is -2.01. The zero-order valence-electron chi connectivity index (χ0n) is 26.4. The van der Waals surface area contributed by atoms with Gasteiger partial charge in [-0.2, -0.15) is 0 Å². The molecule has 0 aliphatic rings. The molecule has 1 unspecified atom stereocenters. The molecule has 0 aliphatic heterocycles. The first-order chi connectivity index (χ1) is 19.3. The van der Waals surface area contributed by atoms with Crippen molar-refractivity contribution in [2.24, 2.45) is 0 Å². The molecule has 0 aromatic carbocycles. The van der Waals surface area contributed by atoms with Crippen molar-refractivity contribution in [2.45, 2.75) is 193 Å². The van der Waals surface area contributed by atoms with E-state index in [0.29, 0.717) is 0 Å². The zero-order valence-corrected chi connectivity index (χ0v) is 26.4. The van der Waals surface area contributed by atoms with Crippen molar-refractivity contribution in [1.29, 1.82) is 0 Å². The molecule has 0 aliphatic carbocycles. The van der Waals surface area contributed by atoms with E-state index in [0.717, 1.165) is 12.8 Å². The third-order valence-corrected chi connectivity index (χ3v) is 7.77. The standard InChI is InChI=1S/C38H68O/c1-3-5-6-7-8-9-10-11-12-13-14-15-16-17-18-19-20-21-22-23-24-25-26-27-28-29-30-31-32-33-34-35-36-37-38(39)4-2/h2,19-20,23-24,27-28,38-39H,3,5-18,21-22,25-26,29-37H2,1H3/b20-19-,24-23-,28-27-. The number of rotatable bonds is 31. The monoisotopic (exact) mass is 541 g/mol. The number of hydrogen-bond donors (Lipinski definition) is 1. The van der Waals surface area contributed by atoms with Crippen LogP contribution in [0.4, 0.5) is 0 Å². The summed E-state index contributed by atoms with van der Waals surface area (Å²) in [7, 11) is 0. The normalized spacial score (nSPS) is 12.7. The summed E-state index contributed by atoms with van der Waals surface area (Å²) in [6.45, 7) is 2.30. The SMILES string of the molecule is C#CC(O)CCCCCCCCC/C=C\CC/C=C\CC/C=C\CCCCCCCCCCCCCCCC. The third kappa shape index (κ3) is 34.7. The minimum absolute atomic E-state index is 0.539. The van der Waals surface area contributed by atoms with Gasteiger partial charge in [-0.25, -0.2) is 0 Å². The number of hydrogen-bond acceptors (Lipinski definition) is 1. The fourth-order valence-corrected chi connectivity index (χ4v) is 5.12. The van der Waals surface area contributed by atoms with E-state index in [1.807, 2.05) is 0 Å². The van der Waals surface area contributed by atoms with Crippen molar-refractivity contribution in [2.75, 3.05) is 0 Å². The Morgan fingerprint density at radius 2 is 0.718 bits per heavy atom. The molecule has 1 heteroatoms. The van der Waals surface area contributed by atoms with Crippen LogP contribution in [0.15, 0.2) is 36.5 Å². The van der Waals surface area contributed by atoms with Gasteiger partial charge < -0.3 is 5.11 Å². The van der Waals surface area contributed by atoms with Crippen LogP contribution in [0.5, 0.6) is 0 Å². The van der Waals surface area contributed by atoms with E-state index in [2.05, 4.69) is 49.3 Å². The van der Waals surface area contributed by atoms with Gasteiger partial charge in [0, 0.05) is 0 Å². The molecular weight excluding hydrogens is 472 g/mol. The fraction of sp³-hybridized carbons (Fsp3) is 0.789. The van der Waals surface area contributed by atoms with E-state index in [1.54, 1.807) is 0 Å². The van der Waals surface area contributed by atoms with Gasteiger partial charge in [0.05, 0.1) is 0 Å². The molecular formula is C38H68O. The smallest absolute Gasteiger partial charge is 0.114 e. The van der Waals surface area contributed by atoms with E-state index in [9.17, 15) is 5.11 Å². The Bertz CT molecular complexity index is 578. The Labute approximate surface area is 246 Å². The van der Waals surface area contributed by atoms with Crippen LogP contribution in [0.2, 0.25) is 0 Å². The van der Waals surface area contributed by atoms with Gasteiger partial charge in [0.2, 0.25) is 0 Å². The Morgan fingerprint density at radius 3 is 1.05 bits per heavy atom. The summed E-state index contributed by atoms with van der Waals surface area (Å²) in [5.41, 5.74) is 0. The van der Waals surface area contributed by atoms with Crippen LogP contribution >= 0.6 is 0 Å². The van der Waals surface area contributed by atoms with E-state index in [1.165, 1.54) is 167 Å². The first-order valence-electron chi connectivity index (χ1n) is 17.4. The highest BCUT2D eigenvalue weighted by molar-refractivity contribution is 4.93. The summed E-state index contributed by atoms with van der Waals surface area (Å²) in [4.78, 5) is 0. The summed E-state index contributed by atoms with van der Waals surface area (Å²) in [6, 6.07) is 0. The van der Waals surface area contributed by atoms with Crippen molar-refractivity contribution < 1.29 is 5.11 Å². The number of unbranched alkanes of at least 4 members (excludes halogenated alkanes) is 23. The van der Waals surface area contributed by atoms with Gasteiger partial charge in [-0.15, -0.1) is 6.42 Å². The predicted octanol–water partition coefficient (Wildman–Crippen LogP) is 12.6. The maximum Gasteiger partial charge on any atom is 0.114 e. The summed E-state index contributed by atoms with van der Waals surface area (Å²) < 4.78 is 0. The Morgan fingerprint density at radius 1 is 0.436 bits per heavy atom. The molecule has 226 valence electrons. The van der Waals surface area contributed by atoms with Crippen LogP contribution in [-0.2, 0) is 0 Å². The summed E-state index contributed by atoms with van der Waals surface area (Å²) in [5, 5.41) is 9.32. The van der Waals surface area contributed by atoms with Crippen molar-refractivity contribution in [3.63, 3.8) is 0 Å². The Balaban J connectivity index is 3.23. The quantitative estimate of drug-likeness (QED) is 0.0526. The minimum Gasteiger partial charge on any atom is -0.380 e. The Kier molecular flexibility index (Phi) is 33.6. The molecule has 0 rings (SSSR count). The van der Waals surface area contributed by atoms with Gasteiger partial charge in [-0.1, -0.05) is 165 Å². The molecule has 0 aromatic rings. The summed E-state index contributed by atoms with van der Waals surface area (Å²) >= 11 is 0. The van der Waals surface area contributed by atoms with Crippen molar-refractivity contribution in [3.8, 4) is 12.3 Å². The highest BCUT2D eigenvalue weighted by atomic mass is 16.3. The van der Waals surface area contributed by atoms with Gasteiger partial charge in [0.1, 0.15) is 6.10 Å². The van der Waals surface area contributed by atoms with Crippen molar-refractivity contribution in [1.82, 2.24) is 0 Å². The van der Waals surface area contributed by atoms with Crippen LogP contribution in [0.3, 0.4) is 0 Å². The van der Waals surface area contributed by atoms with E-state index >= 15 is 0 Å². The second-order valence-corrected chi connectivity index (χ2v) is 11.7. The fourth-order valence-electron chi connectivity index (χ4n) is 5.12. The topological polar surface area (TPSA) is 20.2 Å². The molecule has 0 saturated carbocycles. The molecule has 0 fully saturated rings. The van der Waals surface area contributed by atoms with Crippen molar-refractivity contribution >= 4 is 0 Å². The lowest BCUT2D eigenvalue weighted by molar-refractivity contribution is 0.217. The highest BCUT2D eigenvalue weighted by Crippen LogP contribution is 2.14. The van der Waals surface area contributed by atoms with Crippen LogP contribution in [-0.4, -0.2) is 11.2 Å². The lowest BCUT2D eigenvalue weighted by Gasteiger charge is -2.03. The summed E-state index contributed by atoms with van der Waals surface area (Å²) in [5.74, 6) is 2.38. The van der Waals surface area contributed by atoms with Crippen LogP contribution in [0.25, 0.3) is 0 Å². The predicted molar refractivity (Wildman–Crippen MR) is 177 cm³/mol. The number of terminal acetylenes is 1. The third-order valence-electron chi connectivity index (χ3n) is 7.77. The number of aliphatic hydroxyl groups is 1. The van der Waals surface area contributed by atoms with E-state index in [4.69, 9.17) is 6.42 Å². The van der Waals surface area contributed by atoms with Crippen LogP contribution in [0, 0.1) is 12.3 Å². The highest BCUT2D eigenvalue weighted by Gasteiger charge is 1.98. The lowest BCUT2D eigenvalue weighted by atomic mass is 10.0. The van der Waals surface area contributed by atoms with Gasteiger partial charge in [0.15, 0.2) is 0 Å². The second kappa shape index (κ2) is 34.8. The Hall–Kier alpha value is -1.26. The van der Waals surface area contributed by atoms with Crippen LogP contribution < -0.4 is 0 Å². The number of allylic oxidation sites excluding steroid dienone is 6. The van der Waals surface area contributed by atoms with Gasteiger partial charge in [0.25, 0.3) is 0 Å². The molecule has 0 spiro atoms. The molecule has 1 nitrogen and oxygen atoms in total. The molecule has 0 bridgehead atoms. The molecule has 39 heavy (non-hydrogen) atoms. The maximum atomic E-state index is 9.32. The van der Waals surface area contributed by atoms with Gasteiger partial charge >= 0.3 is 0 Å². The average Bonchev–Trinajstić information content (AvgIpc) is 2.95. The van der Waals surface area contributed by atoms with E-state index in [-0.39, 0.29) is 0 Å². The molecule has 0 radical (unpaired) electrons. The maximum absolute atomic E-state index is 9.32. The molecule has 0 heterocycles. The molecule has 0 amide bonds.